The van der Waals surface area contributed by atoms with E-state index in [4.69, 9.17) is 4.98 Å². The molecule has 0 spiro atoms. The number of aryl methyl sites for hydroxylation is 3. The Kier molecular flexibility index (Phi) is 14.1. The summed E-state index contributed by atoms with van der Waals surface area (Å²) in [5.74, 6) is 0.247. The number of carbonyl (C=O) groups is 2. The first-order chi connectivity index (χ1) is 32.8. The summed E-state index contributed by atoms with van der Waals surface area (Å²) in [7, 11) is 0. The van der Waals surface area contributed by atoms with Crippen molar-refractivity contribution in [1.82, 2.24) is 34.5 Å². The van der Waals surface area contributed by atoms with Crippen molar-refractivity contribution in [2.24, 2.45) is 17.8 Å². The van der Waals surface area contributed by atoms with Crippen molar-refractivity contribution in [2.75, 3.05) is 36.8 Å². The fourth-order valence-electron chi connectivity index (χ4n) is 9.72. The van der Waals surface area contributed by atoms with Crippen LogP contribution in [0.5, 0.6) is 0 Å². The van der Waals surface area contributed by atoms with Gasteiger partial charge in [-0.3, -0.25) is 14.6 Å². The van der Waals surface area contributed by atoms with Crippen LogP contribution in [0.25, 0.3) is 16.8 Å². The van der Waals surface area contributed by atoms with E-state index in [2.05, 4.69) is 39.5 Å². The number of nitrogens with one attached hydrogen (secondary N) is 2. The second-order valence-electron chi connectivity index (χ2n) is 18.5. The summed E-state index contributed by atoms with van der Waals surface area (Å²) in [6, 6.07) is 21.1. The molecule has 2 aliphatic rings. The van der Waals surface area contributed by atoms with Crippen LogP contribution in [-0.4, -0.2) is 84.6 Å². The number of anilines is 2. The molecule has 2 fully saturated rings. The number of halogens is 6. The van der Waals surface area contributed by atoms with E-state index in [1.165, 1.54) is 12.1 Å². The average molecular weight is 952 g/mol. The van der Waals surface area contributed by atoms with Gasteiger partial charge in [0.25, 0.3) is 11.8 Å². The second kappa shape index (κ2) is 20.1. The highest BCUT2D eigenvalue weighted by Crippen LogP contribution is 2.37. The molecule has 17 heteroatoms. The predicted octanol–water partition coefficient (Wildman–Crippen LogP) is 10.9. The summed E-state index contributed by atoms with van der Waals surface area (Å²) < 4.78 is 81.5. The number of piperidine rings is 2. The highest BCUT2D eigenvalue weighted by Gasteiger charge is 2.40. The first-order valence-electron chi connectivity index (χ1n) is 23.2. The molecule has 2 N–H and O–H groups in total. The third-order valence-corrected chi connectivity index (χ3v) is 13.7. The van der Waals surface area contributed by atoms with Gasteiger partial charge in [-0.25, -0.2) is 14.6 Å². The summed E-state index contributed by atoms with van der Waals surface area (Å²) in [5, 5.41) is 11.0. The number of benzene rings is 2. The van der Waals surface area contributed by atoms with Crippen molar-refractivity contribution in [3.05, 3.63) is 148 Å². The molecular formula is C52H55F6N9O2. The molecule has 5 atom stereocenters. The Labute approximate surface area is 397 Å². The molecule has 0 bridgehead atoms. The lowest BCUT2D eigenvalue weighted by Gasteiger charge is -2.44. The van der Waals surface area contributed by atoms with Gasteiger partial charge >= 0.3 is 12.4 Å². The lowest BCUT2D eigenvalue weighted by molar-refractivity contribution is -0.138. The highest BCUT2D eigenvalue weighted by molar-refractivity contribution is 6.01. The number of likely N-dealkylation sites (tertiary alicyclic amines) is 2. The lowest BCUT2D eigenvalue weighted by atomic mass is 9.77. The molecule has 69 heavy (non-hydrogen) atoms. The van der Waals surface area contributed by atoms with Gasteiger partial charge in [-0.2, -0.15) is 31.4 Å². The van der Waals surface area contributed by atoms with E-state index < -0.39 is 29.5 Å². The van der Waals surface area contributed by atoms with Crippen LogP contribution in [0, 0.1) is 38.5 Å². The molecule has 6 heterocycles. The smallest absolute Gasteiger partial charge is 0.368 e. The van der Waals surface area contributed by atoms with Gasteiger partial charge in [-0.15, -0.1) is 0 Å². The molecule has 8 rings (SSSR count). The maximum atomic E-state index is 14.8. The molecule has 0 aliphatic carbocycles. The lowest BCUT2D eigenvalue weighted by Crippen LogP contribution is -2.54. The van der Waals surface area contributed by atoms with Crippen molar-refractivity contribution in [3.8, 4) is 16.8 Å². The monoisotopic (exact) mass is 951 g/mol. The quantitative estimate of drug-likeness (QED) is 0.116. The normalized spacial score (nSPS) is 19.9. The first kappa shape index (κ1) is 48.7. The molecule has 11 nitrogen and oxygen atoms in total. The summed E-state index contributed by atoms with van der Waals surface area (Å²) in [6.07, 6.45) is -0.995. The summed E-state index contributed by atoms with van der Waals surface area (Å²) in [6.45, 7) is 11.3. The molecular weight excluding hydrogens is 897 g/mol. The molecule has 2 aromatic carbocycles. The highest BCUT2D eigenvalue weighted by atomic mass is 19.4. The topological polar surface area (TPSA) is 121 Å². The zero-order chi connectivity index (χ0) is 49.2. The Morgan fingerprint density at radius 1 is 0.681 bits per heavy atom. The molecule has 0 radical (unpaired) electrons. The first-order valence-corrected chi connectivity index (χ1v) is 23.2. The average Bonchev–Trinajstić information content (AvgIpc) is 3.76. The number of alkyl halides is 6. The maximum Gasteiger partial charge on any atom is 0.417 e. The third kappa shape index (κ3) is 11.1. The molecule has 4 aromatic heterocycles. The SMILES string of the molecule is Cc1ccc(-c2ccnc(CC3CCN(C(=O)c4cc(C)ccc4-n4ccc(C)n4)[C@H](CNc4ccc(C(F)(F)F)cn4)[C@@H]3C)c2)c(C(=O)N2CCC[C@@H](C)[C@H]2CNc2ccc(C(F)(F)F)cn2)c1. The van der Waals surface area contributed by atoms with Crippen molar-refractivity contribution in [3.63, 3.8) is 0 Å². The van der Waals surface area contributed by atoms with Gasteiger partial charge in [0, 0.05) is 62.2 Å². The van der Waals surface area contributed by atoms with Crippen molar-refractivity contribution in [2.45, 2.75) is 84.7 Å². The third-order valence-electron chi connectivity index (χ3n) is 13.7. The Balaban J connectivity index is 1.04. The molecule has 2 saturated heterocycles. The molecule has 0 saturated carbocycles. The summed E-state index contributed by atoms with van der Waals surface area (Å²) >= 11 is 0. The summed E-state index contributed by atoms with van der Waals surface area (Å²) in [4.78, 5) is 46.1. The number of rotatable bonds is 12. The number of amides is 2. The molecule has 2 aliphatic heterocycles. The van der Waals surface area contributed by atoms with Gasteiger partial charge < -0.3 is 20.4 Å². The predicted molar refractivity (Wildman–Crippen MR) is 252 cm³/mol. The van der Waals surface area contributed by atoms with Gasteiger partial charge in [0.05, 0.1) is 40.2 Å². The Morgan fingerprint density at radius 2 is 1.29 bits per heavy atom. The minimum Gasteiger partial charge on any atom is -0.368 e. The van der Waals surface area contributed by atoms with Crippen LogP contribution in [0.15, 0.2) is 104 Å². The molecule has 362 valence electrons. The molecule has 1 unspecified atom stereocenters. The van der Waals surface area contributed by atoms with E-state index in [1.807, 2.05) is 91.4 Å². The van der Waals surface area contributed by atoms with Crippen LogP contribution < -0.4 is 10.6 Å². The number of hydrogen-bond acceptors (Lipinski definition) is 8. The van der Waals surface area contributed by atoms with E-state index in [-0.39, 0.29) is 48.0 Å². The van der Waals surface area contributed by atoms with E-state index in [0.717, 1.165) is 71.0 Å². The number of hydrogen-bond donors (Lipinski definition) is 2. The molecule has 6 aromatic rings. The second-order valence-corrected chi connectivity index (χ2v) is 18.5. The van der Waals surface area contributed by atoms with Gasteiger partial charge in [0.2, 0.25) is 0 Å². The number of carbonyl (C=O) groups excluding carboxylic acids is 2. The van der Waals surface area contributed by atoms with Crippen molar-refractivity contribution < 1.29 is 35.9 Å². The van der Waals surface area contributed by atoms with Gasteiger partial charge in [0.1, 0.15) is 11.6 Å². The van der Waals surface area contributed by atoms with Crippen LogP contribution in [0.4, 0.5) is 38.0 Å². The van der Waals surface area contributed by atoms with Crippen molar-refractivity contribution in [1.29, 1.82) is 0 Å². The fraction of sp³-hybridized carbons (Fsp3) is 0.385. The van der Waals surface area contributed by atoms with Gasteiger partial charge in [-0.05, 0) is 136 Å². The minimum atomic E-state index is -4.53. The number of nitrogens with zero attached hydrogens (tertiary/aromatic N) is 7. The Bertz CT molecular complexity index is 2780. The minimum absolute atomic E-state index is 0.0382. The fourth-order valence-corrected chi connectivity index (χ4v) is 9.72. The largest absolute Gasteiger partial charge is 0.417 e. The van der Waals surface area contributed by atoms with E-state index in [9.17, 15) is 35.9 Å². The maximum absolute atomic E-state index is 14.8. The van der Waals surface area contributed by atoms with Crippen LogP contribution in [-0.2, 0) is 18.8 Å². The Morgan fingerprint density at radius 3 is 1.90 bits per heavy atom. The Hall–Kier alpha value is -6.78. The molecule has 2 amide bonds. The zero-order valence-electron chi connectivity index (χ0n) is 39.1. The van der Waals surface area contributed by atoms with E-state index >= 15 is 0 Å². The zero-order valence-corrected chi connectivity index (χ0v) is 39.1. The van der Waals surface area contributed by atoms with Gasteiger partial charge in [-0.1, -0.05) is 43.2 Å². The van der Waals surface area contributed by atoms with E-state index in [0.29, 0.717) is 55.1 Å². The van der Waals surface area contributed by atoms with Crippen LogP contribution >= 0.6 is 0 Å². The van der Waals surface area contributed by atoms with Crippen molar-refractivity contribution >= 4 is 23.5 Å². The standard InChI is InChI=1S/C52H55F6N9O2/c1-31-8-12-41(42(23-31)49(68)65-20-6-7-33(3)45(65)29-62-47-14-10-38(27-60-47)51(53,54)55)37-16-19-59-40(26-37)25-36-18-21-66(46(35(36)5)30-63-48-15-11-39(28-61-48)52(56,57)58)50(69)43-24-32(2)9-13-44(43)67-22-17-34(4)64-67/h8-17,19,22-24,26-28,33,35-36,45-46H,6-7,18,20-21,25,29-30H2,1-5H3,(H,60,62)(H,61,63)/t33-,35-,36?,45-,46-/m1/s1. The van der Waals surface area contributed by atoms with Crippen LogP contribution in [0.2, 0.25) is 0 Å². The number of aromatic nitrogens is 5. The van der Waals surface area contributed by atoms with Gasteiger partial charge in [0.15, 0.2) is 0 Å². The van der Waals surface area contributed by atoms with Crippen LogP contribution in [0.1, 0.15) is 87.5 Å². The van der Waals surface area contributed by atoms with E-state index in [1.54, 1.807) is 10.9 Å². The number of pyridine rings is 3. The van der Waals surface area contributed by atoms with Crippen LogP contribution in [0.3, 0.4) is 0 Å². The summed E-state index contributed by atoms with van der Waals surface area (Å²) in [5.41, 5.74) is 4.91.